The minimum absolute atomic E-state index is 0.0477. The molecule has 2 aliphatic rings. The summed E-state index contributed by atoms with van der Waals surface area (Å²) >= 11 is 0. The van der Waals surface area contributed by atoms with Gasteiger partial charge in [-0.25, -0.2) is 9.18 Å². The van der Waals surface area contributed by atoms with Crippen LogP contribution in [0.1, 0.15) is 25.7 Å². The van der Waals surface area contributed by atoms with Crippen molar-refractivity contribution in [2.75, 3.05) is 18.4 Å². The summed E-state index contributed by atoms with van der Waals surface area (Å²) in [5.74, 6) is 0.184. The lowest BCUT2D eigenvalue weighted by atomic mass is 10.0. The van der Waals surface area contributed by atoms with Crippen LogP contribution in [0.15, 0.2) is 36.4 Å². The van der Waals surface area contributed by atoms with Crippen LogP contribution in [0.25, 0.3) is 0 Å². The van der Waals surface area contributed by atoms with E-state index in [9.17, 15) is 14.0 Å². The summed E-state index contributed by atoms with van der Waals surface area (Å²) in [6.07, 6.45) is 7.69. The molecule has 3 amide bonds. The number of carbonyl (C=O) groups is 2. The predicted octanol–water partition coefficient (Wildman–Crippen LogP) is 2.90. The van der Waals surface area contributed by atoms with Crippen LogP contribution in [0.5, 0.6) is 0 Å². The fraction of sp³-hybridized carbons (Fsp3) is 0.444. The molecule has 0 aromatic heterocycles. The van der Waals surface area contributed by atoms with Crippen LogP contribution in [0.4, 0.5) is 14.9 Å². The Morgan fingerprint density at radius 2 is 2.00 bits per heavy atom. The first-order valence-corrected chi connectivity index (χ1v) is 8.37. The Labute approximate surface area is 140 Å². The van der Waals surface area contributed by atoms with Crippen LogP contribution in [0.2, 0.25) is 0 Å². The average molecular weight is 331 g/mol. The van der Waals surface area contributed by atoms with E-state index in [0.717, 1.165) is 19.3 Å². The molecule has 3 rings (SSSR count). The highest BCUT2D eigenvalue weighted by molar-refractivity contribution is 5.89. The Hall–Kier alpha value is -2.37. The van der Waals surface area contributed by atoms with E-state index in [1.165, 1.54) is 24.3 Å². The standard InChI is InChI=1S/C18H22FN3O2/c19-14-5-7-15(8-6-14)20-18(24)21-16-9-10-22(12-16)17(23)11-13-3-1-2-4-13/h1,3,5-8,13,16H,2,4,9-12H2,(H2,20,21,24)/t13-,16+/m1/s1. The second-order valence-electron chi connectivity index (χ2n) is 6.40. The maximum absolute atomic E-state index is 12.8. The fourth-order valence-electron chi connectivity index (χ4n) is 3.21. The number of benzene rings is 1. The number of amides is 3. The van der Waals surface area contributed by atoms with Crippen molar-refractivity contribution in [1.82, 2.24) is 10.2 Å². The molecule has 1 aromatic rings. The number of hydrogen-bond donors (Lipinski definition) is 2. The molecule has 1 heterocycles. The molecule has 0 bridgehead atoms. The van der Waals surface area contributed by atoms with Gasteiger partial charge in [0.15, 0.2) is 0 Å². The summed E-state index contributed by atoms with van der Waals surface area (Å²) in [4.78, 5) is 26.1. The summed E-state index contributed by atoms with van der Waals surface area (Å²) in [6.45, 7) is 1.23. The molecule has 0 spiro atoms. The first-order chi connectivity index (χ1) is 11.6. The molecule has 24 heavy (non-hydrogen) atoms. The van der Waals surface area contributed by atoms with E-state index in [4.69, 9.17) is 0 Å². The lowest BCUT2D eigenvalue weighted by molar-refractivity contribution is -0.130. The van der Waals surface area contributed by atoms with E-state index in [1.807, 2.05) is 4.90 Å². The molecule has 1 fully saturated rings. The molecule has 0 saturated carbocycles. The van der Waals surface area contributed by atoms with Crippen molar-refractivity contribution < 1.29 is 14.0 Å². The fourth-order valence-corrected chi connectivity index (χ4v) is 3.21. The molecule has 128 valence electrons. The zero-order chi connectivity index (χ0) is 16.9. The van der Waals surface area contributed by atoms with E-state index in [2.05, 4.69) is 22.8 Å². The molecule has 1 aromatic carbocycles. The van der Waals surface area contributed by atoms with E-state index >= 15 is 0 Å². The molecule has 1 aliphatic heterocycles. The van der Waals surface area contributed by atoms with Gasteiger partial charge in [0.2, 0.25) is 5.91 Å². The quantitative estimate of drug-likeness (QED) is 0.834. The third kappa shape index (κ3) is 4.34. The van der Waals surface area contributed by atoms with E-state index < -0.39 is 0 Å². The van der Waals surface area contributed by atoms with Crippen molar-refractivity contribution in [3.8, 4) is 0 Å². The third-order valence-corrected chi connectivity index (χ3v) is 4.53. The molecule has 1 saturated heterocycles. The van der Waals surface area contributed by atoms with Crippen molar-refractivity contribution >= 4 is 17.6 Å². The number of hydrogen-bond acceptors (Lipinski definition) is 2. The lowest BCUT2D eigenvalue weighted by Crippen LogP contribution is -2.40. The van der Waals surface area contributed by atoms with Gasteiger partial charge in [0.1, 0.15) is 5.82 Å². The van der Waals surface area contributed by atoms with Gasteiger partial charge >= 0.3 is 6.03 Å². The van der Waals surface area contributed by atoms with Gasteiger partial charge in [-0.3, -0.25) is 4.79 Å². The Morgan fingerprint density at radius 3 is 2.71 bits per heavy atom. The van der Waals surface area contributed by atoms with Gasteiger partial charge in [0.25, 0.3) is 0 Å². The number of carbonyl (C=O) groups excluding carboxylic acids is 2. The van der Waals surface area contributed by atoms with Crippen molar-refractivity contribution in [2.24, 2.45) is 5.92 Å². The predicted molar refractivity (Wildman–Crippen MR) is 90.0 cm³/mol. The number of urea groups is 1. The third-order valence-electron chi connectivity index (χ3n) is 4.53. The lowest BCUT2D eigenvalue weighted by Gasteiger charge is -2.19. The number of anilines is 1. The average Bonchev–Trinajstić information content (AvgIpc) is 3.21. The number of rotatable bonds is 4. The van der Waals surface area contributed by atoms with E-state index in [1.54, 1.807) is 0 Å². The van der Waals surface area contributed by atoms with Crippen molar-refractivity contribution in [3.63, 3.8) is 0 Å². The summed E-state index contributed by atoms with van der Waals surface area (Å²) < 4.78 is 12.8. The van der Waals surface area contributed by atoms with E-state index in [0.29, 0.717) is 31.1 Å². The SMILES string of the molecule is O=C(Nc1ccc(F)cc1)N[C@H]1CCN(C(=O)C[C@@H]2C=CCC2)C1. The van der Waals surface area contributed by atoms with Gasteiger partial charge in [-0.1, -0.05) is 12.2 Å². The van der Waals surface area contributed by atoms with Gasteiger partial charge in [-0.15, -0.1) is 0 Å². The van der Waals surface area contributed by atoms with Gasteiger partial charge in [-0.2, -0.15) is 0 Å². The summed E-state index contributed by atoms with van der Waals surface area (Å²) in [5.41, 5.74) is 0.535. The number of halogens is 1. The zero-order valence-corrected chi connectivity index (χ0v) is 13.5. The Bertz CT molecular complexity index is 630. The highest BCUT2D eigenvalue weighted by Crippen LogP contribution is 2.22. The van der Waals surface area contributed by atoms with Crippen LogP contribution >= 0.6 is 0 Å². The summed E-state index contributed by atoms with van der Waals surface area (Å²) in [7, 11) is 0. The highest BCUT2D eigenvalue weighted by atomic mass is 19.1. The van der Waals surface area contributed by atoms with Crippen molar-refractivity contribution in [2.45, 2.75) is 31.7 Å². The normalized spacial score (nSPS) is 22.6. The van der Waals surface area contributed by atoms with Crippen LogP contribution in [-0.2, 0) is 4.79 Å². The monoisotopic (exact) mass is 331 g/mol. The first-order valence-electron chi connectivity index (χ1n) is 8.37. The molecule has 0 radical (unpaired) electrons. The second kappa shape index (κ2) is 7.47. The highest BCUT2D eigenvalue weighted by Gasteiger charge is 2.28. The van der Waals surface area contributed by atoms with Gasteiger partial charge in [0, 0.05) is 31.2 Å². The van der Waals surface area contributed by atoms with Crippen LogP contribution in [0, 0.1) is 11.7 Å². The Balaban J connectivity index is 1.43. The molecule has 0 unspecified atom stereocenters. The minimum atomic E-state index is -0.344. The molecular weight excluding hydrogens is 309 g/mol. The number of likely N-dealkylation sites (tertiary alicyclic amines) is 1. The molecular formula is C18H22FN3O2. The topological polar surface area (TPSA) is 61.4 Å². The molecule has 5 nitrogen and oxygen atoms in total. The van der Waals surface area contributed by atoms with Crippen LogP contribution < -0.4 is 10.6 Å². The second-order valence-corrected chi connectivity index (χ2v) is 6.40. The first kappa shape index (κ1) is 16.5. The van der Waals surface area contributed by atoms with Crippen LogP contribution in [-0.4, -0.2) is 36.0 Å². The number of nitrogens with one attached hydrogen (secondary N) is 2. The largest absolute Gasteiger partial charge is 0.341 e. The number of nitrogens with zero attached hydrogens (tertiary/aromatic N) is 1. The van der Waals surface area contributed by atoms with E-state index in [-0.39, 0.29) is 23.8 Å². The Kier molecular flexibility index (Phi) is 5.13. The summed E-state index contributed by atoms with van der Waals surface area (Å²) in [5, 5.41) is 5.54. The summed E-state index contributed by atoms with van der Waals surface area (Å²) in [6, 6.07) is 5.22. The Morgan fingerprint density at radius 1 is 1.21 bits per heavy atom. The maximum Gasteiger partial charge on any atom is 0.319 e. The van der Waals surface area contributed by atoms with Crippen molar-refractivity contribution in [1.29, 1.82) is 0 Å². The van der Waals surface area contributed by atoms with Gasteiger partial charge in [-0.05, 0) is 49.4 Å². The molecule has 2 N–H and O–H groups in total. The van der Waals surface area contributed by atoms with Gasteiger partial charge < -0.3 is 15.5 Å². The molecule has 1 aliphatic carbocycles. The smallest absolute Gasteiger partial charge is 0.319 e. The minimum Gasteiger partial charge on any atom is -0.341 e. The van der Waals surface area contributed by atoms with Crippen LogP contribution in [0.3, 0.4) is 0 Å². The van der Waals surface area contributed by atoms with Gasteiger partial charge in [0.05, 0.1) is 0 Å². The van der Waals surface area contributed by atoms with Crippen molar-refractivity contribution in [3.05, 3.63) is 42.2 Å². The molecule has 6 heteroatoms. The number of allylic oxidation sites excluding steroid dienone is 2. The molecule has 2 atom stereocenters. The zero-order valence-electron chi connectivity index (χ0n) is 13.5. The maximum atomic E-state index is 12.8.